The Morgan fingerprint density at radius 1 is 1.32 bits per heavy atom. The van der Waals surface area contributed by atoms with Crippen molar-refractivity contribution in [1.82, 2.24) is 18.9 Å². The van der Waals surface area contributed by atoms with E-state index >= 15 is 0 Å². The Kier molecular flexibility index (Phi) is 4.99. The molecule has 11 heteroatoms. The Morgan fingerprint density at radius 3 is 2.64 bits per heavy atom. The molecule has 0 spiro atoms. The highest BCUT2D eigenvalue weighted by molar-refractivity contribution is 7.90. The van der Waals surface area contributed by atoms with Gasteiger partial charge in [0.2, 0.25) is 16.0 Å². The molecular formula is C17H22ClF2N5O2S. The highest BCUT2D eigenvalue weighted by atomic mass is 35.5. The van der Waals surface area contributed by atoms with Crippen LogP contribution in [0.2, 0.25) is 5.02 Å². The number of piperidine rings is 1. The van der Waals surface area contributed by atoms with E-state index in [4.69, 9.17) is 11.6 Å². The van der Waals surface area contributed by atoms with E-state index in [1.165, 1.54) is 15.0 Å². The first-order valence-corrected chi connectivity index (χ1v) is 11.2. The Hall–Kier alpha value is -1.52. The van der Waals surface area contributed by atoms with Gasteiger partial charge in [-0.05, 0) is 25.2 Å². The van der Waals surface area contributed by atoms with Gasteiger partial charge in [-0.25, -0.2) is 26.7 Å². The monoisotopic (exact) mass is 433 g/mol. The van der Waals surface area contributed by atoms with Gasteiger partial charge in [-0.3, -0.25) is 0 Å². The number of fused-ring (bicyclic) bond motifs is 1. The van der Waals surface area contributed by atoms with Crippen LogP contribution < -0.4 is 5.32 Å². The molecule has 0 unspecified atom stereocenters. The highest BCUT2D eigenvalue weighted by Crippen LogP contribution is 2.34. The minimum absolute atomic E-state index is 0.00316. The molecule has 2 fully saturated rings. The lowest BCUT2D eigenvalue weighted by molar-refractivity contribution is 0.185. The van der Waals surface area contributed by atoms with Crippen molar-refractivity contribution < 1.29 is 17.2 Å². The lowest BCUT2D eigenvalue weighted by atomic mass is 10.1. The molecule has 0 amide bonds. The first-order valence-electron chi connectivity index (χ1n) is 9.32. The van der Waals surface area contributed by atoms with Crippen LogP contribution in [0.3, 0.4) is 0 Å². The zero-order valence-corrected chi connectivity index (χ0v) is 17.1. The number of nitrogens with one attached hydrogen (secondary N) is 1. The molecule has 28 heavy (non-hydrogen) atoms. The summed E-state index contributed by atoms with van der Waals surface area (Å²) < 4.78 is 56.2. The van der Waals surface area contributed by atoms with Gasteiger partial charge in [-0.2, -0.15) is 4.31 Å². The van der Waals surface area contributed by atoms with Crippen LogP contribution in [0.25, 0.3) is 5.52 Å². The van der Waals surface area contributed by atoms with Gasteiger partial charge in [0.1, 0.15) is 16.7 Å². The zero-order chi connectivity index (χ0) is 20.2. The lowest BCUT2D eigenvalue weighted by Gasteiger charge is -2.34. The van der Waals surface area contributed by atoms with Crippen LogP contribution in [0.1, 0.15) is 44.7 Å². The van der Waals surface area contributed by atoms with Crippen molar-refractivity contribution in [3.63, 3.8) is 0 Å². The Balaban J connectivity index is 1.53. The van der Waals surface area contributed by atoms with E-state index < -0.39 is 28.1 Å². The van der Waals surface area contributed by atoms with Crippen LogP contribution in [0, 0.1) is 5.82 Å². The van der Waals surface area contributed by atoms with Crippen LogP contribution in [0.15, 0.2) is 6.20 Å². The van der Waals surface area contributed by atoms with E-state index in [-0.39, 0.29) is 40.7 Å². The molecule has 0 radical (unpaired) electrons. The quantitative estimate of drug-likeness (QED) is 0.784. The number of aromatic nitrogens is 3. The molecule has 0 bridgehead atoms. The van der Waals surface area contributed by atoms with Crippen molar-refractivity contribution in [2.45, 2.75) is 56.5 Å². The molecule has 1 aliphatic heterocycles. The third-order valence-corrected chi connectivity index (χ3v) is 8.00. The lowest BCUT2D eigenvalue weighted by Crippen LogP contribution is -2.50. The summed E-state index contributed by atoms with van der Waals surface area (Å²) in [6, 6.07) is -0.624. The van der Waals surface area contributed by atoms with Gasteiger partial charge in [0.05, 0.1) is 23.2 Å². The van der Waals surface area contributed by atoms with Gasteiger partial charge in [0, 0.05) is 13.1 Å². The van der Waals surface area contributed by atoms with Crippen molar-refractivity contribution >= 4 is 33.1 Å². The van der Waals surface area contributed by atoms with E-state index in [0.717, 1.165) is 0 Å². The largest absolute Gasteiger partial charge is 0.347 e. The number of alkyl halides is 1. The average Bonchev–Trinajstić information content (AvgIpc) is 3.45. The number of hydrogen-bond acceptors (Lipinski definition) is 5. The smallest absolute Gasteiger partial charge is 0.241 e. The summed E-state index contributed by atoms with van der Waals surface area (Å²) >= 11 is 6.08. The predicted octanol–water partition coefficient (Wildman–Crippen LogP) is 2.96. The number of nitrogens with zero attached hydrogens (tertiary/aromatic N) is 4. The first-order chi connectivity index (χ1) is 13.2. The minimum Gasteiger partial charge on any atom is -0.347 e. The molecule has 7 nitrogen and oxygen atoms in total. The van der Waals surface area contributed by atoms with Crippen molar-refractivity contribution in [2.24, 2.45) is 0 Å². The summed E-state index contributed by atoms with van der Waals surface area (Å²) in [6.07, 6.45) is 1.52. The summed E-state index contributed by atoms with van der Waals surface area (Å²) in [7, 11) is -3.39. The predicted molar refractivity (Wildman–Crippen MR) is 102 cm³/mol. The van der Waals surface area contributed by atoms with Crippen LogP contribution in [0.5, 0.6) is 0 Å². The number of rotatable bonds is 5. The van der Waals surface area contributed by atoms with E-state index in [2.05, 4.69) is 15.4 Å². The molecule has 2 aliphatic rings. The minimum atomic E-state index is -3.39. The average molecular weight is 434 g/mol. The molecule has 2 aromatic rings. The van der Waals surface area contributed by atoms with Gasteiger partial charge < -0.3 is 5.32 Å². The third kappa shape index (κ3) is 3.35. The fourth-order valence-electron chi connectivity index (χ4n) is 3.58. The highest BCUT2D eigenvalue weighted by Gasteiger charge is 2.43. The molecule has 1 saturated carbocycles. The molecule has 3 heterocycles. The summed E-state index contributed by atoms with van der Waals surface area (Å²) in [6.45, 7) is 3.81. The molecule has 0 aromatic carbocycles. The molecular weight excluding hydrogens is 412 g/mol. The van der Waals surface area contributed by atoms with Gasteiger partial charge in [-0.1, -0.05) is 25.4 Å². The van der Waals surface area contributed by atoms with Gasteiger partial charge in [0.15, 0.2) is 5.82 Å². The van der Waals surface area contributed by atoms with E-state index in [1.54, 1.807) is 0 Å². The van der Waals surface area contributed by atoms with Crippen LogP contribution in [-0.2, 0) is 10.0 Å². The van der Waals surface area contributed by atoms with Crippen LogP contribution in [0.4, 0.5) is 14.7 Å². The Bertz CT molecular complexity index is 1010. The van der Waals surface area contributed by atoms with Gasteiger partial charge >= 0.3 is 0 Å². The van der Waals surface area contributed by atoms with E-state index in [1.807, 2.05) is 13.8 Å². The van der Waals surface area contributed by atoms with Crippen molar-refractivity contribution in [3.05, 3.63) is 22.7 Å². The SMILES string of the molecule is CC(C)c1c(Cl)c(F)c2cnc(N[C@@H]3CCN(S(=O)(=O)C4CC4)C[C@H]3F)nn12. The normalized spacial score (nSPS) is 24.2. The second kappa shape index (κ2) is 7.07. The Morgan fingerprint density at radius 2 is 2.04 bits per heavy atom. The molecule has 1 N–H and O–H groups in total. The first kappa shape index (κ1) is 19.8. The standard InChI is InChI=1S/C17H22ClF2N5O2S/c1-9(2)16-14(18)15(20)13-7-21-17(23-25(13)16)22-12-5-6-24(8-11(12)19)28(26,27)10-3-4-10/h7,9-12H,3-6,8H2,1-2H3,(H,22,23)/t11-,12-/m1/s1. The molecule has 4 rings (SSSR count). The number of sulfonamides is 1. The van der Waals surface area contributed by atoms with E-state index in [0.29, 0.717) is 25.0 Å². The second-order valence-corrected chi connectivity index (χ2v) is 10.3. The summed E-state index contributed by atoms with van der Waals surface area (Å²) in [4.78, 5) is 4.08. The molecule has 154 valence electrons. The van der Waals surface area contributed by atoms with Crippen LogP contribution >= 0.6 is 11.6 Å². The second-order valence-electron chi connectivity index (χ2n) is 7.70. The number of anilines is 1. The van der Waals surface area contributed by atoms with Crippen molar-refractivity contribution in [3.8, 4) is 0 Å². The van der Waals surface area contributed by atoms with Gasteiger partial charge in [0.25, 0.3) is 0 Å². The van der Waals surface area contributed by atoms with Crippen LogP contribution in [-0.4, -0.2) is 57.9 Å². The maximum atomic E-state index is 14.7. The van der Waals surface area contributed by atoms with Crippen molar-refractivity contribution in [2.75, 3.05) is 18.4 Å². The molecule has 2 atom stereocenters. The number of hydrogen-bond donors (Lipinski definition) is 1. The zero-order valence-electron chi connectivity index (χ0n) is 15.6. The summed E-state index contributed by atoms with van der Waals surface area (Å²) in [5.41, 5.74) is 0.670. The summed E-state index contributed by atoms with van der Waals surface area (Å²) in [5.74, 6) is -0.511. The summed E-state index contributed by atoms with van der Waals surface area (Å²) in [5, 5.41) is 6.87. The van der Waals surface area contributed by atoms with Gasteiger partial charge in [-0.15, -0.1) is 5.10 Å². The molecule has 2 aromatic heterocycles. The fourth-order valence-corrected chi connectivity index (χ4v) is 5.84. The maximum Gasteiger partial charge on any atom is 0.241 e. The fraction of sp³-hybridized carbons (Fsp3) is 0.647. The third-order valence-electron chi connectivity index (χ3n) is 5.27. The topological polar surface area (TPSA) is 79.6 Å². The van der Waals surface area contributed by atoms with Crippen molar-refractivity contribution in [1.29, 1.82) is 0 Å². The number of halogens is 3. The molecule has 1 saturated heterocycles. The van der Waals surface area contributed by atoms with E-state index in [9.17, 15) is 17.2 Å². The Labute approximate surface area is 167 Å². The molecule has 1 aliphatic carbocycles. The maximum absolute atomic E-state index is 14.7.